The zero-order valence-corrected chi connectivity index (χ0v) is 19.7. The van der Waals surface area contributed by atoms with Crippen LogP contribution >= 0.6 is 24.0 Å². The van der Waals surface area contributed by atoms with Gasteiger partial charge in [-0.25, -0.2) is 0 Å². The molecule has 0 radical (unpaired) electrons. The Hall–Kier alpha value is -1.22. The lowest BCUT2D eigenvalue weighted by atomic mass is 10.1. The van der Waals surface area contributed by atoms with E-state index >= 15 is 0 Å². The Kier molecular flexibility index (Phi) is 9.64. The van der Waals surface area contributed by atoms with Gasteiger partial charge in [0.1, 0.15) is 17.6 Å². The summed E-state index contributed by atoms with van der Waals surface area (Å²) in [4.78, 5) is 9.49. The lowest BCUT2D eigenvalue weighted by Gasteiger charge is -2.24. The van der Waals surface area contributed by atoms with E-state index in [1.807, 2.05) is 31.3 Å². The van der Waals surface area contributed by atoms with Crippen molar-refractivity contribution in [1.29, 1.82) is 0 Å². The van der Waals surface area contributed by atoms with E-state index in [4.69, 9.17) is 9.47 Å². The Morgan fingerprint density at radius 3 is 2.50 bits per heavy atom. The number of ether oxygens (including phenoxy) is 2. The fourth-order valence-electron chi connectivity index (χ4n) is 4.00. The van der Waals surface area contributed by atoms with Crippen LogP contribution in [-0.4, -0.2) is 75.3 Å². The lowest BCUT2D eigenvalue weighted by Crippen LogP contribution is -2.44. The Morgan fingerprint density at radius 2 is 1.86 bits per heavy atom. The van der Waals surface area contributed by atoms with Gasteiger partial charge in [0.25, 0.3) is 0 Å². The number of guanidine groups is 1. The Balaban J connectivity index is 0.00000280. The van der Waals surface area contributed by atoms with Crippen LogP contribution in [0.2, 0.25) is 0 Å². The highest BCUT2D eigenvalue weighted by molar-refractivity contribution is 14.0. The van der Waals surface area contributed by atoms with Crippen LogP contribution in [0, 0.1) is 5.92 Å². The fraction of sp³-hybridized carbons (Fsp3) is 0.667. The molecule has 6 nitrogen and oxygen atoms in total. The topological polar surface area (TPSA) is 49.3 Å². The molecule has 0 amide bonds. The van der Waals surface area contributed by atoms with Gasteiger partial charge in [0.15, 0.2) is 5.96 Å². The third-order valence-corrected chi connectivity index (χ3v) is 5.46. The van der Waals surface area contributed by atoms with Gasteiger partial charge in [-0.1, -0.05) is 0 Å². The third-order valence-electron chi connectivity index (χ3n) is 5.46. The molecule has 7 heteroatoms. The maximum absolute atomic E-state index is 5.98. The molecule has 28 heavy (non-hydrogen) atoms. The van der Waals surface area contributed by atoms with E-state index < -0.39 is 0 Å². The molecule has 0 aromatic heterocycles. The molecule has 2 heterocycles. The largest absolute Gasteiger partial charge is 0.497 e. The second-order valence-corrected chi connectivity index (χ2v) is 7.64. The molecule has 3 rings (SSSR count). The number of benzene rings is 1. The molecule has 2 atom stereocenters. The maximum Gasteiger partial charge on any atom is 0.193 e. The quantitative estimate of drug-likeness (QED) is 0.353. The minimum Gasteiger partial charge on any atom is -0.497 e. The van der Waals surface area contributed by atoms with Crippen molar-refractivity contribution in [2.45, 2.75) is 32.3 Å². The molecule has 0 bridgehead atoms. The second kappa shape index (κ2) is 11.7. The van der Waals surface area contributed by atoms with Crippen LogP contribution in [0.5, 0.6) is 11.5 Å². The SMILES string of the molecule is CN=C(NCC(C)Oc1ccc(OC)cc1)N1CCC(CN2CCCC2)C1.I. The smallest absolute Gasteiger partial charge is 0.193 e. The van der Waals surface area contributed by atoms with Crippen molar-refractivity contribution in [3.63, 3.8) is 0 Å². The molecule has 0 spiro atoms. The molecule has 2 aliphatic rings. The maximum atomic E-state index is 5.98. The van der Waals surface area contributed by atoms with Crippen molar-refractivity contribution in [2.24, 2.45) is 10.9 Å². The standard InChI is InChI=1S/C21H34N4O2.HI/c1-17(27-20-8-6-19(26-3)7-9-20)14-23-21(22-2)25-13-10-18(16-25)15-24-11-4-5-12-24;/h6-9,17-18H,4-5,10-16H2,1-3H3,(H,22,23);1H. The van der Waals surface area contributed by atoms with Gasteiger partial charge in [-0.15, -0.1) is 24.0 Å². The Labute approximate surface area is 186 Å². The minimum absolute atomic E-state index is 0. The number of nitrogens with zero attached hydrogens (tertiary/aromatic N) is 3. The Morgan fingerprint density at radius 1 is 1.18 bits per heavy atom. The molecule has 2 saturated heterocycles. The van der Waals surface area contributed by atoms with Gasteiger partial charge in [0, 0.05) is 26.7 Å². The summed E-state index contributed by atoms with van der Waals surface area (Å²) in [7, 11) is 3.53. The molecular weight excluding hydrogens is 467 g/mol. The first-order chi connectivity index (χ1) is 13.2. The number of nitrogens with one attached hydrogen (secondary N) is 1. The van der Waals surface area contributed by atoms with E-state index in [0.29, 0.717) is 0 Å². The number of hydrogen-bond acceptors (Lipinski definition) is 4. The van der Waals surface area contributed by atoms with Crippen molar-refractivity contribution >= 4 is 29.9 Å². The van der Waals surface area contributed by atoms with Crippen LogP contribution in [0.1, 0.15) is 26.2 Å². The van der Waals surface area contributed by atoms with Crippen LogP contribution in [0.15, 0.2) is 29.3 Å². The van der Waals surface area contributed by atoms with Crippen molar-refractivity contribution in [2.75, 3.05) is 53.4 Å². The molecule has 2 aliphatic heterocycles. The van der Waals surface area contributed by atoms with E-state index in [2.05, 4.69) is 27.0 Å². The van der Waals surface area contributed by atoms with Crippen LogP contribution in [0.3, 0.4) is 0 Å². The van der Waals surface area contributed by atoms with Crippen molar-refractivity contribution < 1.29 is 9.47 Å². The normalized spacial score (nSPS) is 21.3. The van der Waals surface area contributed by atoms with Crippen LogP contribution in [0.4, 0.5) is 0 Å². The zero-order chi connectivity index (χ0) is 19.1. The highest BCUT2D eigenvalue weighted by Gasteiger charge is 2.27. The highest BCUT2D eigenvalue weighted by Crippen LogP contribution is 2.20. The predicted molar refractivity (Wildman–Crippen MR) is 125 cm³/mol. The molecule has 0 aliphatic carbocycles. The summed E-state index contributed by atoms with van der Waals surface area (Å²) < 4.78 is 11.2. The van der Waals surface area contributed by atoms with Gasteiger partial charge >= 0.3 is 0 Å². The first-order valence-electron chi connectivity index (χ1n) is 10.2. The number of methoxy groups -OCH3 is 1. The third kappa shape index (κ3) is 6.69. The number of hydrogen-bond donors (Lipinski definition) is 1. The van der Waals surface area contributed by atoms with Gasteiger partial charge in [-0.3, -0.25) is 4.99 Å². The summed E-state index contributed by atoms with van der Waals surface area (Å²) in [6.45, 7) is 8.80. The zero-order valence-electron chi connectivity index (χ0n) is 17.4. The average molecular weight is 502 g/mol. The molecule has 1 aromatic rings. The predicted octanol–water partition coefficient (Wildman–Crippen LogP) is 3.07. The molecule has 2 unspecified atom stereocenters. The van der Waals surface area contributed by atoms with Crippen LogP contribution in [0.25, 0.3) is 0 Å². The summed E-state index contributed by atoms with van der Waals surface area (Å²) in [6.07, 6.45) is 4.05. The van der Waals surface area contributed by atoms with Crippen LogP contribution in [-0.2, 0) is 0 Å². The number of rotatable bonds is 7. The van der Waals surface area contributed by atoms with Gasteiger partial charge in [-0.05, 0) is 69.5 Å². The van der Waals surface area contributed by atoms with E-state index in [0.717, 1.165) is 43.0 Å². The summed E-state index contributed by atoms with van der Waals surface area (Å²) >= 11 is 0. The van der Waals surface area contributed by atoms with E-state index in [1.165, 1.54) is 38.9 Å². The van der Waals surface area contributed by atoms with Gasteiger partial charge in [0.2, 0.25) is 0 Å². The van der Waals surface area contributed by atoms with Crippen molar-refractivity contribution in [1.82, 2.24) is 15.1 Å². The number of halogens is 1. The lowest BCUT2D eigenvalue weighted by molar-refractivity contribution is 0.222. The van der Waals surface area contributed by atoms with E-state index in [1.54, 1.807) is 7.11 Å². The van der Waals surface area contributed by atoms with Gasteiger partial charge < -0.3 is 24.6 Å². The fourth-order valence-corrected chi connectivity index (χ4v) is 4.00. The number of aliphatic imine (C=N–C) groups is 1. The average Bonchev–Trinajstić information content (AvgIpc) is 3.36. The summed E-state index contributed by atoms with van der Waals surface area (Å²) in [5.41, 5.74) is 0. The van der Waals surface area contributed by atoms with Crippen LogP contribution < -0.4 is 14.8 Å². The molecule has 1 N–H and O–H groups in total. The molecule has 2 fully saturated rings. The minimum atomic E-state index is 0. The molecular formula is C21H35IN4O2. The van der Waals surface area contributed by atoms with Gasteiger partial charge in [-0.2, -0.15) is 0 Å². The van der Waals surface area contributed by atoms with Gasteiger partial charge in [0.05, 0.1) is 13.7 Å². The van der Waals surface area contributed by atoms with Crippen molar-refractivity contribution in [3.8, 4) is 11.5 Å². The first kappa shape index (κ1) is 23.1. The van der Waals surface area contributed by atoms with E-state index in [-0.39, 0.29) is 30.1 Å². The second-order valence-electron chi connectivity index (χ2n) is 7.64. The summed E-state index contributed by atoms with van der Waals surface area (Å²) in [5.74, 6) is 3.44. The molecule has 0 saturated carbocycles. The van der Waals surface area contributed by atoms with Crippen molar-refractivity contribution in [3.05, 3.63) is 24.3 Å². The molecule has 1 aromatic carbocycles. The Bertz CT molecular complexity index is 605. The number of likely N-dealkylation sites (tertiary alicyclic amines) is 2. The molecule has 158 valence electrons. The highest BCUT2D eigenvalue weighted by atomic mass is 127. The summed E-state index contributed by atoms with van der Waals surface area (Å²) in [6, 6.07) is 7.71. The monoisotopic (exact) mass is 502 g/mol. The first-order valence-corrected chi connectivity index (χ1v) is 10.2. The summed E-state index contributed by atoms with van der Waals surface area (Å²) in [5, 5.41) is 3.48. The van der Waals surface area contributed by atoms with E-state index in [9.17, 15) is 0 Å².